The van der Waals surface area contributed by atoms with Crippen molar-refractivity contribution in [2.45, 2.75) is 18.7 Å². The Balaban J connectivity index is 2.34. The minimum Gasteiger partial charge on any atom is -0.492 e. The Bertz CT molecular complexity index is 850. The number of anilines is 1. The minimum absolute atomic E-state index is 0.118. The van der Waals surface area contributed by atoms with E-state index in [4.69, 9.17) is 9.47 Å². The zero-order valence-corrected chi connectivity index (χ0v) is 16.2. The maximum absolute atomic E-state index is 12.5. The molecule has 6 nitrogen and oxygen atoms in total. The van der Waals surface area contributed by atoms with Crippen LogP contribution in [0.5, 0.6) is 5.75 Å². The van der Waals surface area contributed by atoms with Crippen LogP contribution in [0.25, 0.3) is 0 Å². The van der Waals surface area contributed by atoms with Gasteiger partial charge in [-0.1, -0.05) is 15.9 Å². The van der Waals surface area contributed by atoms with Gasteiger partial charge in [0.1, 0.15) is 5.75 Å². The molecular formula is C17H18BrNO5S. The fraction of sp³-hybridized carbons (Fsp3) is 0.235. The van der Waals surface area contributed by atoms with Crippen molar-refractivity contribution in [3.8, 4) is 5.75 Å². The Morgan fingerprint density at radius 3 is 2.36 bits per heavy atom. The summed E-state index contributed by atoms with van der Waals surface area (Å²) in [6.07, 6.45) is 0. The van der Waals surface area contributed by atoms with Gasteiger partial charge in [-0.25, -0.2) is 13.2 Å². The SMILES string of the molecule is CCOC(=O)c1ccc(NS(=O)(=O)c2ccc(Br)cc2)c(OCC)c1. The van der Waals surface area contributed by atoms with Crippen LogP contribution >= 0.6 is 15.9 Å². The van der Waals surface area contributed by atoms with Crippen molar-refractivity contribution < 1.29 is 22.7 Å². The van der Waals surface area contributed by atoms with E-state index in [0.29, 0.717) is 6.61 Å². The van der Waals surface area contributed by atoms with E-state index in [2.05, 4.69) is 20.7 Å². The van der Waals surface area contributed by atoms with Gasteiger partial charge in [0.2, 0.25) is 0 Å². The maximum Gasteiger partial charge on any atom is 0.338 e. The van der Waals surface area contributed by atoms with Crippen molar-refractivity contribution in [2.24, 2.45) is 0 Å². The number of benzene rings is 2. The molecule has 0 spiro atoms. The van der Waals surface area contributed by atoms with Gasteiger partial charge in [0, 0.05) is 4.47 Å². The average Bonchev–Trinajstić information content (AvgIpc) is 2.57. The number of carbonyl (C=O) groups is 1. The van der Waals surface area contributed by atoms with E-state index in [0.717, 1.165) is 4.47 Å². The van der Waals surface area contributed by atoms with Gasteiger partial charge < -0.3 is 9.47 Å². The molecule has 134 valence electrons. The third kappa shape index (κ3) is 4.96. The highest BCUT2D eigenvalue weighted by Gasteiger charge is 2.18. The second-order valence-corrected chi connectivity index (χ2v) is 7.52. The lowest BCUT2D eigenvalue weighted by Crippen LogP contribution is -2.14. The second-order valence-electron chi connectivity index (χ2n) is 4.92. The number of hydrogen-bond acceptors (Lipinski definition) is 5. The first-order chi connectivity index (χ1) is 11.9. The Labute approximate surface area is 155 Å². The zero-order chi connectivity index (χ0) is 18.4. The molecule has 0 unspecified atom stereocenters. The lowest BCUT2D eigenvalue weighted by molar-refractivity contribution is 0.0526. The number of halogens is 1. The molecule has 0 aliphatic carbocycles. The lowest BCUT2D eigenvalue weighted by atomic mass is 10.2. The molecule has 25 heavy (non-hydrogen) atoms. The van der Waals surface area contributed by atoms with Crippen molar-refractivity contribution in [2.75, 3.05) is 17.9 Å². The molecule has 0 aliphatic rings. The van der Waals surface area contributed by atoms with Crippen LogP contribution in [-0.4, -0.2) is 27.6 Å². The van der Waals surface area contributed by atoms with Gasteiger partial charge in [0.15, 0.2) is 0 Å². The molecule has 0 saturated heterocycles. The van der Waals surface area contributed by atoms with Gasteiger partial charge in [0.25, 0.3) is 10.0 Å². The van der Waals surface area contributed by atoms with Crippen LogP contribution in [0, 0.1) is 0 Å². The van der Waals surface area contributed by atoms with E-state index in [9.17, 15) is 13.2 Å². The fourth-order valence-corrected chi connectivity index (χ4v) is 3.38. The standard InChI is InChI=1S/C17H18BrNO5S/c1-3-23-16-11-12(17(20)24-4-2)5-10-15(16)19-25(21,22)14-8-6-13(18)7-9-14/h5-11,19H,3-4H2,1-2H3. The topological polar surface area (TPSA) is 81.7 Å². The zero-order valence-electron chi connectivity index (χ0n) is 13.8. The number of sulfonamides is 1. The van der Waals surface area contributed by atoms with Crippen LogP contribution in [0.4, 0.5) is 5.69 Å². The van der Waals surface area contributed by atoms with E-state index in [1.54, 1.807) is 26.0 Å². The summed E-state index contributed by atoms with van der Waals surface area (Å²) in [6, 6.07) is 10.7. The molecule has 0 aliphatic heterocycles. The minimum atomic E-state index is -3.78. The van der Waals surface area contributed by atoms with Gasteiger partial charge in [-0.3, -0.25) is 4.72 Å². The lowest BCUT2D eigenvalue weighted by Gasteiger charge is -2.14. The molecule has 0 bridgehead atoms. The van der Waals surface area contributed by atoms with Crippen LogP contribution in [0.1, 0.15) is 24.2 Å². The highest BCUT2D eigenvalue weighted by molar-refractivity contribution is 9.10. The third-order valence-corrected chi connectivity index (χ3v) is 5.07. The molecule has 0 amide bonds. The van der Waals surface area contributed by atoms with Gasteiger partial charge in [-0.2, -0.15) is 0 Å². The smallest absolute Gasteiger partial charge is 0.338 e. The number of nitrogens with one attached hydrogen (secondary N) is 1. The molecule has 2 rings (SSSR count). The van der Waals surface area contributed by atoms with Crippen LogP contribution in [0.2, 0.25) is 0 Å². The van der Waals surface area contributed by atoms with Crippen LogP contribution in [0.3, 0.4) is 0 Å². The number of carbonyl (C=O) groups excluding carboxylic acids is 1. The van der Waals surface area contributed by atoms with Crippen LogP contribution < -0.4 is 9.46 Å². The Morgan fingerprint density at radius 1 is 1.08 bits per heavy atom. The number of ether oxygens (including phenoxy) is 2. The molecular weight excluding hydrogens is 410 g/mol. The molecule has 1 N–H and O–H groups in total. The van der Waals surface area contributed by atoms with Gasteiger partial charge in [-0.15, -0.1) is 0 Å². The number of rotatable bonds is 7. The first-order valence-corrected chi connectivity index (χ1v) is 9.87. The van der Waals surface area contributed by atoms with E-state index in [1.807, 2.05) is 0 Å². The molecule has 0 fully saturated rings. The highest BCUT2D eigenvalue weighted by Crippen LogP contribution is 2.29. The predicted molar refractivity (Wildman–Crippen MR) is 98.5 cm³/mol. The summed E-state index contributed by atoms with van der Waals surface area (Å²) in [5, 5.41) is 0. The van der Waals surface area contributed by atoms with Crippen LogP contribution in [0.15, 0.2) is 51.8 Å². The molecule has 0 aromatic heterocycles. The van der Waals surface area contributed by atoms with Crippen molar-refractivity contribution in [1.29, 1.82) is 0 Å². The monoisotopic (exact) mass is 427 g/mol. The Kier molecular flexibility index (Phi) is 6.44. The molecule has 8 heteroatoms. The number of hydrogen-bond donors (Lipinski definition) is 1. The van der Waals surface area contributed by atoms with E-state index in [-0.39, 0.29) is 28.5 Å². The third-order valence-electron chi connectivity index (χ3n) is 3.16. The number of esters is 1. The van der Waals surface area contributed by atoms with Gasteiger partial charge in [-0.05, 0) is 56.3 Å². The summed E-state index contributed by atoms with van der Waals surface area (Å²) in [7, 11) is -3.78. The predicted octanol–water partition coefficient (Wildman–Crippen LogP) is 3.83. The summed E-state index contributed by atoms with van der Waals surface area (Å²) in [5.74, 6) is -0.237. The summed E-state index contributed by atoms with van der Waals surface area (Å²) in [6.45, 7) is 4.05. The highest BCUT2D eigenvalue weighted by atomic mass is 79.9. The van der Waals surface area contributed by atoms with E-state index in [1.165, 1.54) is 30.3 Å². The van der Waals surface area contributed by atoms with Gasteiger partial charge in [0.05, 0.1) is 29.4 Å². The summed E-state index contributed by atoms with van der Waals surface area (Å²) >= 11 is 3.27. The molecule has 0 atom stereocenters. The largest absolute Gasteiger partial charge is 0.492 e. The molecule has 2 aromatic carbocycles. The van der Waals surface area contributed by atoms with Crippen LogP contribution in [-0.2, 0) is 14.8 Å². The molecule has 0 radical (unpaired) electrons. The normalized spacial score (nSPS) is 11.0. The summed E-state index contributed by atoms with van der Waals surface area (Å²) in [4.78, 5) is 11.9. The summed E-state index contributed by atoms with van der Waals surface area (Å²) in [5.41, 5.74) is 0.537. The molecule has 0 saturated carbocycles. The first kappa shape index (κ1) is 19.3. The fourth-order valence-electron chi connectivity index (χ4n) is 2.04. The first-order valence-electron chi connectivity index (χ1n) is 7.59. The Morgan fingerprint density at radius 2 is 1.76 bits per heavy atom. The summed E-state index contributed by atoms with van der Waals surface area (Å²) < 4.78 is 38.7. The quantitative estimate of drug-likeness (QED) is 0.678. The van der Waals surface area contributed by atoms with Crippen molar-refractivity contribution in [1.82, 2.24) is 0 Å². The van der Waals surface area contributed by atoms with E-state index >= 15 is 0 Å². The maximum atomic E-state index is 12.5. The molecule has 2 aromatic rings. The van der Waals surface area contributed by atoms with Gasteiger partial charge >= 0.3 is 5.97 Å². The average molecular weight is 428 g/mol. The van der Waals surface area contributed by atoms with E-state index < -0.39 is 16.0 Å². The van der Waals surface area contributed by atoms with Crippen molar-refractivity contribution in [3.05, 3.63) is 52.5 Å². The Hall–Kier alpha value is -2.06. The van der Waals surface area contributed by atoms with Crippen molar-refractivity contribution >= 4 is 37.6 Å². The molecule has 0 heterocycles. The second kappa shape index (κ2) is 8.35. The van der Waals surface area contributed by atoms with Crippen molar-refractivity contribution in [3.63, 3.8) is 0 Å².